The Bertz CT molecular complexity index is 544. The lowest BCUT2D eigenvalue weighted by Gasteiger charge is -2.05. The molecule has 16 heavy (non-hydrogen) atoms. The summed E-state index contributed by atoms with van der Waals surface area (Å²) in [7, 11) is 0. The number of aromatic hydroxyl groups is 1. The molecule has 2 rings (SSSR count). The third-order valence-electron chi connectivity index (χ3n) is 2.54. The molecule has 1 heterocycles. The van der Waals surface area contributed by atoms with E-state index < -0.39 is 0 Å². The van der Waals surface area contributed by atoms with Crippen LogP contribution in [0.2, 0.25) is 0 Å². The molecule has 0 aliphatic rings. The molecule has 0 amide bonds. The molecule has 0 atom stereocenters. The normalized spacial score (nSPS) is 10.4. The fourth-order valence-corrected chi connectivity index (χ4v) is 1.63. The average molecular weight is 216 g/mol. The van der Waals surface area contributed by atoms with Gasteiger partial charge in [0.1, 0.15) is 0 Å². The Hall–Kier alpha value is -2.10. The quantitative estimate of drug-likeness (QED) is 0.781. The molecule has 2 aromatic rings. The van der Waals surface area contributed by atoms with E-state index in [1.165, 1.54) is 4.68 Å². The maximum atomic E-state index is 10.8. The molecule has 1 aromatic carbocycles. The van der Waals surface area contributed by atoms with Crippen molar-refractivity contribution < 1.29 is 9.90 Å². The number of aldehydes is 1. The molecule has 1 aromatic heterocycles. The smallest absolute Gasteiger partial charge is 0.225 e. The van der Waals surface area contributed by atoms with Gasteiger partial charge in [-0.05, 0) is 25.5 Å². The number of benzene rings is 1. The minimum atomic E-state index is -0.109. The number of carbonyl (C=O) groups is 1. The lowest BCUT2D eigenvalue weighted by Crippen LogP contribution is -1.98. The van der Waals surface area contributed by atoms with Gasteiger partial charge in [0.25, 0.3) is 0 Å². The third kappa shape index (κ3) is 1.48. The molecule has 0 aliphatic carbocycles. The van der Waals surface area contributed by atoms with Crippen molar-refractivity contribution in [3.05, 3.63) is 41.1 Å². The largest absolute Gasteiger partial charge is 0.493 e. The van der Waals surface area contributed by atoms with Crippen LogP contribution >= 0.6 is 0 Å². The Balaban J connectivity index is 2.66. The number of hydrogen-bond acceptors (Lipinski definition) is 3. The molecule has 0 bridgehead atoms. The van der Waals surface area contributed by atoms with Crippen LogP contribution in [0.5, 0.6) is 5.88 Å². The first-order chi connectivity index (χ1) is 7.65. The molecule has 4 heteroatoms. The summed E-state index contributed by atoms with van der Waals surface area (Å²) in [6.45, 7) is 3.62. The highest BCUT2D eigenvalue weighted by Gasteiger charge is 2.15. The number of nitrogens with zero attached hydrogens (tertiary/aromatic N) is 2. The SMILES string of the molecule is Cc1ccccc1-n1nc(C)c(C=O)c1O. The van der Waals surface area contributed by atoms with Gasteiger partial charge < -0.3 is 5.11 Å². The highest BCUT2D eigenvalue weighted by atomic mass is 16.3. The Labute approximate surface area is 93.1 Å². The van der Waals surface area contributed by atoms with Gasteiger partial charge in [-0.25, -0.2) is 4.68 Å². The van der Waals surface area contributed by atoms with Crippen LogP contribution in [0.25, 0.3) is 5.69 Å². The lowest BCUT2D eigenvalue weighted by atomic mass is 10.2. The van der Waals surface area contributed by atoms with Gasteiger partial charge in [-0.1, -0.05) is 18.2 Å². The molecule has 0 saturated heterocycles. The summed E-state index contributed by atoms with van der Waals surface area (Å²) >= 11 is 0. The predicted molar refractivity (Wildman–Crippen MR) is 60.1 cm³/mol. The van der Waals surface area contributed by atoms with Crippen LogP contribution in [0.1, 0.15) is 21.6 Å². The molecular weight excluding hydrogens is 204 g/mol. The van der Waals surface area contributed by atoms with Crippen molar-refractivity contribution in [1.82, 2.24) is 9.78 Å². The number of para-hydroxylation sites is 1. The summed E-state index contributed by atoms with van der Waals surface area (Å²) in [4.78, 5) is 10.8. The summed E-state index contributed by atoms with van der Waals surface area (Å²) in [5.41, 5.74) is 2.52. The van der Waals surface area contributed by atoms with Gasteiger partial charge in [0.2, 0.25) is 5.88 Å². The summed E-state index contributed by atoms with van der Waals surface area (Å²) in [5.74, 6) is -0.109. The Morgan fingerprint density at radius 2 is 2.00 bits per heavy atom. The molecule has 4 nitrogen and oxygen atoms in total. The highest BCUT2D eigenvalue weighted by molar-refractivity contribution is 5.80. The van der Waals surface area contributed by atoms with E-state index in [0.717, 1.165) is 11.3 Å². The maximum absolute atomic E-state index is 10.8. The molecule has 0 unspecified atom stereocenters. The lowest BCUT2D eigenvalue weighted by molar-refractivity contribution is 0.112. The zero-order valence-electron chi connectivity index (χ0n) is 9.14. The summed E-state index contributed by atoms with van der Waals surface area (Å²) in [6, 6.07) is 7.54. The van der Waals surface area contributed by atoms with E-state index in [9.17, 15) is 9.90 Å². The van der Waals surface area contributed by atoms with E-state index in [4.69, 9.17) is 0 Å². The van der Waals surface area contributed by atoms with Gasteiger partial charge in [-0.3, -0.25) is 4.79 Å². The second-order valence-corrected chi connectivity index (χ2v) is 3.64. The van der Waals surface area contributed by atoms with Crippen molar-refractivity contribution in [2.75, 3.05) is 0 Å². The van der Waals surface area contributed by atoms with Crippen LogP contribution < -0.4 is 0 Å². The van der Waals surface area contributed by atoms with E-state index in [0.29, 0.717) is 12.0 Å². The molecule has 0 spiro atoms. The second kappa shape index (κ2) is 3.81. The van der Waals surface area contributed by atoms with E-state index in [1.807, 2.05) is 31.2 Å². The van der Waals surface area contributed by atoms with E-state index >= 15 is 0 Å². The van der Waals surface area contributed by atoms with Crippen LogP contribution in [-0.4, -0.2) is 21.2 Å². The number of carbonyl (C=O) groups excluding carboxylic acids is 1. The van der Waals surface area contributed by atoms with Crippen molar-refractivity contribution in [2.24, 2.45) is 0 Å². The van der Waals surface area contributed by atoms with Crippen LogP contribution in [0.4, 0.5) is 0 Å². The Morgan fingerprint density at radius 3 is 2.56 bits per heavy atom. The highest BCUT2D eigenvalue weighted by Crippen LogP contribution is 2.24. The van der Waals surface area contributed by atoms with Gasteiger partial charge in [0.05, 0.1) is 16.9 Å². The van der Waals surface area contributed by atoms with Crippen molar-refractivity contribution in [1.29, 1.82) is 0 Å². The number of hydrogen-bond donors (Lipinski definition) is 1. The van der Waals surface area contributed by atoms with Crippen molar-refractivity contribution >= 4 is 6.29 Å². The minimum Gasteiger partial charge on any atom is -0.493 e. The Kier molecular flexibility index (Phi) is 2.48. The standard InChI is InChI=1S/C12H12N2O2/c1-8-5-3-4-6-11(8)14-12(16)10(7-15)9(2)13-14/h3-7,16H,1-2H3. The monoisotopic (exact) mass is 216 g/mol. The molecule has 82 valence electrons. The number of rotatable bonds is 2. The van der Waals surface area contributed by atoms with Crippen molar-refractivity contribution in [3.8, 4) is 11.6 Å². The molecule has 0 fully saturated rings. The van der Waals surface area contributed by atoms with E-state index in [-0.39, 0.29) is 11.4 Å². The molecule has 1 N–H and O–H groups in total. The maximum Gasteiger partial charge on any atom is 0.225 e. The molecular formula is C12H12N2O2. The topological polar surface area (TPSA) is 55.1 Å². The average Bonchev–Trinajstić information content (AvgIpc) is 2.55. The summed E-state index contributed by atoms with van der Waals surface area (Å²) < 4.78 is 1.38. The number of aromatic nitrogens is 2. The Morgan fingerprint density at radius 1 is 1.31 bits per heavy atom. The molecule has 0 aliphatic heterocycles. The fourth-order valence-electron chi connectivity index (χ4n) is 1.63. The first-order valence-corrected chi connectivity index (χ1v) is 4.95. The minimum absolute atomic E-state index is 0.109. The fraction of sp³-hybridized carbons (Fsp3) is 0.167. The zero-order valence-corrected chi connectivity index (χ0v) is 9.14. The van der Waals surface area contributed by atoms with Gasteiger partial charge >= 0.3 is 0 Å². The first-order valence-electron chi connectivity index (χ1n) is 4.95. The van der Waals surface area contributed by atoms with Gasteiger partial charge in [0.15, 0.2) is 6.29 Å². The van der Waals surface area contributed by atoms with Crippen LogP contribution in [0, 0.1) is 13.8 Å². The van der Waals surface area contributed by atoms with E-state index in [2.05, 4.69) is 5.10 Å². The van der Waals surface area contributed by atoms with Crippen LogP contribution in [-0.2, 0) is 0 Å². The summed E-state index contributed by atoms with van der Waals surface area (Å²) in [6.07, 6.45) is 0.617. The zero-order chi connectivity index (χ0) is 11.7. The van der Waals surface area contributed by atoms with Gasteiger partial charge in [-0.2, -0.15) is 5.10 Å². The third-order valence-corrected chi connectivity index (χ3v) is 2.54. The van der Waals surface area contributed by atoms with Gasteiger partial charge in [0, 0.05) is 0 Å². The predicted octanol–water partition coefficient (Wildman–Crippen LogP) is 2.01. The molecule has 0 radical (unpaired) electrons. The van der Waals surface area contributed by atoms with Crippen molar-refractivity contribution in [2.45, 2.75) is 13.8 Å². The summed E-state index contributed by atoms with van der Waals surface area (Å²) in [5, 5.41) is 14.0. The van der Waals surface area contributed by atoms with Crippen LogP contribution in [0.15, 0.2) is 24.3 Å². The molecule has 0 saturated carbocycles. The van der Waals surface area contributed by atoms with E-state index in [1.54, 1.807) is 6.92 Å². The van der Waals surface area contributed by atoms with Crippen molar-refractivity contribution in [3.63, 3.8) is 0 Å². The van der Waals surface area contributed by atoms with Crippen LogP contribution in [0.3, 0.4) is 0 Å². The first kappa shape index (κ1) is 10.4. The number of aryl methyl sites for hydroxylation is 2. The second-order valence-electron chi connectivity index (χ2n) is 3.64. The van der Waals surface area contributed by atoms with Gasteiger partial charge in [-0.15, -0.1) is 0 Å².